The second-order valence-electron chi connectivity index (χ2n) is 6.17. The number of hydrogen-bond donors (Lipinski definition) is 2. The third-order valence-corrected chi connectivity index (χ3v) is 4.51. The highest BCUT2D eigenvalue weighted by Gasteiger charge is 2.25. The number of benzene rings is 2. The first kappa shape index (κ1) is 17.1. The Bertz CT molecular complexity index is 776. The molecule has 0 saturated heterocycles. The fourth-order valence-electron chi connectivity index (χ4n) is 3.25. The average Bonchev–Trinajstić information content (AvgIpc) is 2.64. The van der Waals surface area contributed by atoms with Gasteiger partial charge >= 0.3 is 0 Å². The molecule has 2 amide bonds. The van der Waals surface area contributed by atoms with E-state index in [-0.39, 0.29) is 23.9 Å². The Morgan fingerprint density at radius 2 is 1.72 bits per heavy atom. The minimum Gasteiger partial charge on any atom is -0.354 e. The van der Waals surface area contributed by atoms with Crippen LogP contribution in [-0.2, 0) is 11.2 Å². The van der Waals surface area contributed by atoms with Crippen molar-refractivity contribution in [1.29, 1.82) is 0 Å². The van der Waals surface area contributed by atoms with Crippen molar-refractivity contribution in [3.8, 4) is 0 Å². The molecule has 1 aliphatic carbocycles. The first-order valence-corrected chi connectivity index (χ1v) is 8.55. The lowest BCUT2D eigenvalue weighted by Crippen LogP contribution is -2.37. The molecule has 0 bridgehead atoms. The molecule has 1 aliphatic rings. The number of hydrogen-bond acceptors (Lipinski definition) is 2. The summed E-state index contributed by atoms with van der Waals surface area (Å²) in [6.07, 6.45) is 2.85. The van der Waals surface area contributed by atoms with Crippen LogP contribution in [0.3, 0.4) is 0 Å². The van der Waals surface area contributed by atoms with Crippen molar-refractivity contribution in [3.05, 3.63) is 71.0 Å². The molecule has 2 N–H and O–H groups in total. The molecule has 25 heavy (non-hydrogen) atoms. The molecule has 1 atom stereocenters. The smallest absolute Gasteiger partial charge is 0.254 e. The molecule has 3 rings (SSSR count). The van der Waals surface area contributed by atoms with E-state index in [1.807, 2.05) is 18.2 Å². The third-order valence-electron chi connectivity index (χ3n) is 4.51. The van der Waals surface area contributed by atoms with Gasteiger partial charge in [-0.2, -0.15) is 0 Å². The largest absolute Gasteiger partial charge is 0.354 e. The van der Waals surface area contributed by atoms with Crippen molar-refractivity contribution in [2.75, 3.05) is 13.1 Å². The summed E-state index contributed by atoms with van der Waals surface area (Å²) in [5, 5.41) is 5.49. The average molecular weight is 340 g/mol. The quantitative estimate of drug-likeness (QED) is 0.823. The predicted molar refractivity (Wildman–Crippen MR) is 93.9 cm³/mol. The maximum atomic E-state index is 13.5. The van der Waals surface area contributed by atoms with Crippen LogP contribution in [-0.4, -0.2) is 24.9 Å². The monoisotopic (exact) mass is 340 g/mol. The number of halogens is 1. The summed E-state index contributed by atoms with van der Waals surface area (Å²) in [6, 6.07) is 13.9. The SMILES string of the molecule is O=C(NCCNC(=O)C1CCCc2ccccc21)c1ccccc1F. The molecule has 0 fully saturated rings. The van der Waals surface area contributed by atoms with E-state index in [9.17, 15) is 14.0 Å². The summed E-state index contributed by atoms with van der Waals surface area (Å²) >= 11 is 0. The Balaban J connectivity index is 1.49. The fourth-order valence-corrected chi connectivity index (χ4v) is 3.25. The molecule has 0 saturated carbocycles. The molecule has 0 spiro atoms. The Labute approximate surface area is 146 Å². The van der Waals surface area contributed by atoms with Gasteiger partial charge in [0.25, 0.3) is 5.91 Å². The van der Waals surface area contributed by atoms with E-state index in [4.69, 9.17) is 0 Å². The van der Waals surface area contributed by atoms with Gasteiger partial charge in [-0.05, 0) is 42.5 Å². The van der Waals surface area contributed by atoms with Gasteiger partial charge in [-0.1, -0.05) is 36.4 Å². The zero-order chi connectivity index (χ0) is 17.6. The van der Waals surface area contributed by atoms with Gasteiger partial charge in [0, 0.05) is 13.1 Å². The van der Waals surface area contributed by atoms with E-state index >= 15 is 0 Å². The lowest BCUT2D eigenvalue weighted by atomic mass is 9.82. The molecule has 5 heteroatoms. The minimum absolute atomic E-state index is 0.00929. The second-order valence-corrected chi connectivity index (χ2v) is 6.17. The van der Waals surface area contributed by atoms with E-state index in [2.05, 4.69) is 16.7 Å². The van der Waals surface area contributed by atoms with Crippen LogP contribution in [0.2, 0.25) is 0 Å². The molecule has 130 valence electrons. The third kappa shape index (κ3) is 4.05. The van der Waals surface area contributed by atoms with Gasteiger partial charge in [0.1, 0.15) is 5.82 Å². The van der Waals surface area contributed by atoms with Gasteiger partial charge < -0.3 is 10.6 Å². The Morgan fingerprint density at radius 3 is 2.56 bits per heavy atom. The van der Waals surface area contributed by atoms with E-state index < -0.39 is 11.7 Å². The van der Waals surface area contributed by atoms with Gasteiger partial charge in [-0.25, -0.2) is 4.39 Å². The number of amides is 2. The van der Waals surface area contributed by atoms with Crippen molar-refractivity contribution in [1.82, 2.24) is 10.6 Å². The van der Waals surface area contributed by atoms with Crippen molar-refractivity contribution < 1.29 is 14.0 Å². The normalized spacial score (nSPS) is 16.0. The molecule has 0 aromatic heterocycles. The van der Waals surface area contributed by atoms with Gasteiger partial charge in [0.05, 0.1) is 11.5 Å². The molecule has 4 nitrogen and oxygen atoms in total. The standard InChI is InChI=1S/C20H21FN2O2/c21-18-11-4-3-9-17(18)20(25)23-13-12-22-19(24)16-10-5-7-14-6-1-2-8-15(14)16/h1-4,6,8-9,11,16H,5,7,10,12-13H2,(H,22,24)(H,23,25). The summed E-state index contributed by atoms with van der Waals surface area (Å²) in [6.45, 7) is 0.574. The van der Waals surface area contributed by atoms with Gasteiger partial charge in [0.2, 0.25) is 5.91 Å². The van der Waals surface area contributed by atoms with Gasteiger partial charge in [-0.15, -0.1) is 0 Å². The van der Waals surface area contributed by atoms with E-state index in [0.717, 1.165) is 24.8 Å². The lowest BCUT2D eigenvalue weighted by molar-refractivity contribution is -0.122. The topological polar surface area (TPSA) is 58.2 Å². The number of carbonyl (C=O) groups excluding carboxylic acids is 2. The summed E-state index contributed by atoms with van der Waals surface area (Å²) in [5.74, 6) is -1.18. The molecular weight excluding hydrogens is 319 g/mol. The van der Waals surface area contributed by atoms with Crippen LogP contribution in [0.1, 0.15) is 40.2 Å². The second kappa shape index (κ2) is 7.92. The van der Waals surface area contributed by atoms with Crippen LogP contribution in [0.15, 0.2) is 48.5 Å². The van der Waals surface area contributed by atoms with Crippen LogP contribution < -0.4 is 10.6 Å². The molecule has 2 aromatic carbocycles. The number of fused-ring (bicyclic) bond motifs is 1. The Hall–Kier alpha value is -2.69. The van der Waals surface area contributed by atoms with Crippen molar-refractivity contribution >= 4 is 11.8 Å². The summed E-state index contributed by atoms with van der Waals surface area (Å²) in [5.41, 5.74) is 2.35. The molecule has 0 heterocycles. The van der Waals surface area contributed by atoms with Crippen LogP contribution in [0.4, 0.5) is 4.39 Å². The maximum Gasteiger partial charge on any atom is 0.254 e. The molecular formula is C20H21FN2O2. The lowest BCUT2D eigenvalue weighted by Gasteiger charge is -2.24. The molecule has 0 aliphatic heterocycles. The Kier molecular flexibility index (Phi) is 5.43. The van der Waals surface area contributed by atoms with Crippen LogP contribution in [0.5, 0.6) is 0 Å². The number of aryl methyl sites for hydroxylation is 1. The van der Waals surface area contributed by atoms with E-state index in [1.165, 1.54) is 23.8 Å². The zero-order valence-electron chi connectivity index (χ0n) is 13.9. The van der Waals surface area contributed by atoms with Crippen LogP contribution >= 0.6 is 0 Å². The molecule has 1 unspecified atom stereocenters. The van der Waals surface area contributed by atoms with Gasteiger partial charge in [0.15, 0.2) is 0 Å². The first-order valence-electron chi connectivity index (χ1n) is 8.55. The van der Waals surface area contributed by atoms with Crippen molar-refractivity contribution in [3.63, 3.8) is 0 Å². The van der Waals surface area contributed by atoms with E-state index in [0.29, 0.717) is 6.54 Å². The number of rotatable bonds is 5. The highest BCUT2D eigenvalue weighted by molar-refractivity contribution is 5.94. The summed E-state index contributed by atoms with van der Waals surface area (Å²) in [7, 11) is 0. The van der Waals surface area contributed by atoms with Crippen molar-refractivity contribution in [2.24, 2.45) is 0 Å². The highest BCUT2D eigenvalue weighted by Crippen LogP contribution is 2.31. The van der Waals surface area contributed by atoms with Crippen molar-refractivity contribution in [2.45, 2.75) is 25.2 Å². The van der Waals surface area contributed by atoms with Gasteiger partial charge in [-0.3, -0.25) is 9.59 Å². The Morgan fingerprint density at radius 1 is 1.00 bits per heavy atom. The summed E-state index contributed by atoms with van der Waals surface area (Å²) in [4.78, 5) is 24.4. The van der Waals surface area contributed by atoms with E-state index in [1.54, 1.807) is 6.07 Å². The highest BCUT2D eigenvalue weighted by atomic mass is 19.1. The minimum atomic E-state index is -0.553. The zero-order valence-corrected chi connectivity index (χ0v) is 13.9. The number of carbonyl (C=O) groups is 2. The molecule has 0 radical (unpaired) electrons. The maximum absolute atomic E-state index is 13.5. The van der Waals surface area contributed by atoms with Crippen LogP contribution in [0, 0.1) is 5.82 Å². The fraction of sp³-hybridized carbons (Fsp3) is 0.300. The number of nitrogens with one attached hydrogen (secondary N) is 2. The molecule has 2 aromatic rings. The predicted octanol–water partition coefficient (Wildman–Crippen LogP) is 2.79. The summed E-state index contributed by atoms with van der Waals surface area (Å²) < 4.78 is 13.5. The first-order chi connectivity index (χ1) is 12.2. The van der Waals surface area contributed by atoms with Crippen LogP contribution in [0.25, 0.3) is 0 Å².